The molecule has 0 aromatic heterocycles. The molecule has 0 unspecified atom stereocenters. The number of nitrogens with zero attached hydrogens (tertiary/aromatic N) is 2. The molecule has 120 valence electrons. The number of carbonyl (C=O) groups excluding carboxylic acids is 1. The van der Waals surface area contributed by atoms with Gasteiger partial charge in [-0.1, -0.05) is 17.7 Å². The molecule has 0 radical (unpaired) electrons. The monoisotopic (exact) mass is 304 g/mol. The van der Waals surface area contributed by atoms with E-state index in [0.29, 0.717) is 26.3 Å². The maximum absolute atomic E-state index is 12.4. The minimum absolute atomic E-state index is 0.150. The molecule has 22 heavy (non-hydrogen) atoms. The second-order valence-corrected chi connectivity index (χ2v) is 6.00. The maximum atomic E-state index is 12.4. The highest BCUT2D eigenvalue weighted by molar-refractivity contribution is 5.74. The number of piperidine rings is 1. The molecule has 0 N–H and O–H groups in total. The third-order valence-electron chi connectivity index (χ3n) is 4.32. The number of benzene rings is 1. The van der Waals surface area contributed by atoms with Gasteiger partial charge in [-0.15, -0.1) is 0 Å². The van der Waals surface area contributed by atoms with Crippen LogP contribution in [0.2, 0.25) is 0 Å². The summed E-state index contributed by atoms with van der Waals surface area (Å²) in [7, 11) is 0. The van der Waals surface area contributed by atoms with Crippen molar-refractivity contribution >= 4 is 6.03 Å². The zero-order chi connectivity index (χ0) is 15.4. The lowest BCUT2D eigenvalue weighted by Crippen LogP contribution is -2.51. The standard InChI is InChI=1S/C17H24N2O3/c1-14-2-4-15(5-3-14)22-16-6-8-18(9-7-16)17(20)19-10-12-21-13-11-19/h2-5,16H,6-13H2,1H3. The summed E-state index contributed by atoms with van der Waals surface area (Å²) in [4.78, 5) is 16.2. The van der Waals surface area contributed by atoms with Crippen LogP contribution in [0.15, 0.2) is 24.3 Å². The van der Waals surface area contributed by atoms with E-state index in [-0.39, 0.29) is 12.1 Å². The number of ether oxygens (including phenoxy) is 2. The molecule has 0 aliphatic carbocycles. The maximum Gasteiger partial charge on any atom is 0.320 e. The Bertz CT molecular complexity index is 489. The minimum Gasteiger partial charge on any atom is -0.490 e. The summed E-state index contributed by atoms with van der Waals surface area (Å²) in [6.07, 6.45) is 1.99. The van der Waals surface area contributed by atoms with Crippen LogP contribution in [-0.4, -0.2) is 61.3 Å². The summed E-state index contributed by atoms with van der Waals surface area (Å²) in [5.41, 5.74) is 1.23. The third-order valence-corrected chi connectivity index (χ3v) is 4.32. The molecule has 5 nitrogen and oxygen atoms in total. The fourth-order valence-corrected chi connectivity index (χ4v) is 2.93. The van der Waals surface area contributed by atoms with Crippen LogP contribution < -0.4 is 4.74 Å². The van der Waals surface area contributed by atoms with Gasteiger partial charge in [0.1, 0.15) is 11.9 Å². The number of hydrogen-bond donors (Lipinski definition) is 0. The molecular weight excluding hydrogens is 280 g/mol. The summed E-state index contributed by atoms with van der Waals surface area (Å²) >= 11 is 0. The molecular formula is C17H24N2O3. The van der Waals surface area contributed by atoms with Gasteiger partial charge in [0.05, 0.1) is 13.2 Å². The highest BCUT2D eigenvalue weighted by Gasteiger charge is 2.27. The molecule has 2 fully saturated rings. The largest absolute Gasteiger partial charge is 0.490 e. The Kier molecular flexibility index (Phi) is 4.83. The van der Waals surface area contributed by atoms with Crippen molar-refractivity contribution in [3.63, 3.8) is 0 Å². The summed E-state index contributed by atoms with van der Waals surface area (Å²) in [5, 5.41) is 0. The number of carbonyl (C=O) groups is 1. The number of morpholine rings is 1. The highest BCUT2D eigenvalue weighted by Crippen LogP contribution is 2.20. The molecule has 0 saturated carbocycles. The minimum atomic E-state index is 0.150. The molecule has 0 atom stereocenters. The lowest BCUT2D eigenvalue weighted by atomic mass is 10.1. The fourth-order valence-electron chi connectivity index (χ4n) is 2.93. The number of hydrogen-bond acceptors (Lipinski definition) is 3. The number of likely N-dealkylation sites (tertiary alicyclic amines) is 1. The van der Waals surface area contributed by atoms with Crippen LogP contribution in [0.4, 0.5) is 4.79 Å². The van der Waals surface area contributed by atoms with E-state index < -0.39 is 0 Å². The lowest BCUT2D eigenvalue weighted by molar-refractivity contribution is 0.0360. The Morgan fingerprint density at radius 2 is 1.64 bits per heavy atom. The van der Waals surface area contributed by atoms with Crippen molar-refractivity contribution in [2.75, 3.05) is 39.4 Å². The van der Waals surface area contributed by atoms with Crippen molar-refractivity contribution in [3.8, 4) is 5.75 Å². The van der Waals surface area contributed by atoms with Gasteiger partial charge in [-0.2, -0.15) is 0 Å². The van der Waals surface area contributed by atoms with Crippen molar-refractivity contribution in [2.45, 2.75) is 25.9 Å². The van der Waals surface area contributed by atoms with Gasteiger partial charge in [0.25, 0.3) is 0 Å². The molecule has 3 rings (SSSR count). The Labute approximate surface area is 131 Å². The van der Waals surface area contributed by atoms with Crippen molar-refractivity contribution in [2.24, 2.45) is 0 Å². The van der Waals surface area contributed by atoms with Crippen molar-refractivity contribution in [1.29, 1.82) is 0 Å². The number of urea groups is 1. The fraction of sp³-hybridized carbons (Fsp3) is 0.588. The average molecular weight is 304 g/mol. The van der Waals surface area contributed by atoms with Gasteiger partial charge in [-0.25, -0.2) is 4.79 Å². The summed E-state index contributed by atoms with van der Waals surface area (Å²) in [6, 6.07) is 8.30. The Morgan fingerprint density at radius 1 is 1.05 bits per heavy atom. The third kappa shape index (κ3) is 3.71. The zero-order valence-corrected chi connectivity index (χ0v) is 13.2. The van der Waals surface area contributed by atoms with Crippen LogP contribution in [0.1, 0.15) is 18.4 Å². The highest BCUT2D eigenvalue weighted by atomic mass is 16.5. The quantitative estimate of drug-likeness (QED) is 0.842. The summed E-state index contributed by atoms with van der Waals surface area (Å²) in [5.74, 6) is 0.920. The molecule has 2 aliphatic heterocycles. The second-order valence-electron chi connectivity index (χ2n) is 6.00. The zero-order valence-electron chi connectivity index (χ0n) is 13.2. The first-order valence-electron chi connectivity index (χ1n) is 8.07. The van der Waals surface area contributed by atoms with Crippen LogP contribution in [0, 0.1) is 6.92 Å². The van der Waals surface area contributed by atoms with Crippen molar-refractivity contribution < 1.29 is 14.3 Å². The Morgan fingerprint density at radius 3 is 2.27 bits per heavy atom. The normalized spacial score (nSPS) is 20.0. The van der Waals surface area contributed by atoms with Crippen LogP contribution >= 0.6 is 0 Å². The van der Waals surface area contributed by atoms with E-state index in [1.54, 1.807) is 0 Å². The molecule has 1 aromatic rings. The van der Waals surface area contributed by atoms with Gasteiger partial charge in [0.15, 0.2) is 0 Å². The molecule has 2 heterocycles. The number of amides is 2. The topological polar surface area (TPSA) is 42.0 Å². The van der Waals surface area contributed by atoms with Gasteiger partial charge >= 0.3 is 6.03 Å². The molecule has 0 bridgehead atoms. The van der Waals surface area contributed by atoms with Gasteiger partial charge in [0, 0.05) is 39.0 Å². The smallest absolute Gasteiger partial charge is 0.320 e. The van der Waals surface area contributed by atoms with Gasteiger partial charge in [-0.3, -0.25) is 0 Å². The van der Waals surface area contributed by atoms with Crippen LogP contribution in [0.5, 0.6) is 5.75 Å². The van der Waals surface area contributed by atoms with Crippen LogP contribution in [-0.2, 0) is 4.74 Å². The average Bonchev–Trinajstić information content (AvgIpc) is 2.58. The lowest BCUT2D eigenvalue weighted by Gasteiger charge is -2.37. The molecule has 2 amide bonds. The number of rotatable bonds is 2. The predicted octanol–water partition coefficient (Wildman–Crippen LogP) is 2.29. The van der Waals surface area contributed by atoms with Crippen LogP contribution in [0.3, 0.4) is 0 Å². The van der Waals surface area contributed by atoms with Gasteiger partial charge < -0.3 is 19.3 Å². The van der Waals surface area contributed by atoms with E-state index in [9.17, 15) is 4.79 Å². The summed E-state index contributed by atoms with van der Waals surface area (Å²) < 4.78 is 11.3. The molecule has 2 saturated heterocycles. The second kappa shape index (κ2) is 7.01. The first kappa shape index (κ1) is 15.2. The number of aryl methyl sites for hydroxylation is 1. The van der Waals surface area contributed by atoms with Crippen LogP contribution in [0.25, 0.3) is 0 Å². The molecule has 0 spiro atoms. The van der Waals surface area contributed by atoms with E-state index in [0.717, 1.165) is 31.7 Å². The van der Waals surface area contributed by atoms with E-state index in [2.05, 4.69) is 19.1 Å². The molecule has 2 aliphatic rings. The van der Waals surface area contributed by atoms with E-state index in [4.69, 9.17) is 9.47 Å². The van der Waals surface area contributed by atoms with E-state index >= 15 is 0 Å². The van der Waals surface area contributed by atoms with Gasteiger partial charge in [0.2, 0.25) is 0 Å². The van der Waals surface area contributed by atoms with Gasteiger partial charge in [-0.05, 0) is 19.1 Å². The summed E-state index contributed by atoms with van der Waals surface area (Å²) in [6.45, 7) is 6.33. The predicted molar refractivity (Wildman–Crippen MR) is 84.2 cm³/mol. The Hall–Kier alpha value is -1.75. The molecule has 5 heteroatoms. The SMILES string of the molecule is Cc1ccc(OC2CCN(C(=O)N3CCOCC3)CC2)cc1. The van der Waals surface area contributed by atoms with E-state index in [1.807, 2.05) is 21.9 Å². The van der Waals surface area contributed by atoms with Crippen molar-refractivity contribution in [3.05, 3.63) is 29.8 Å². The first-order chi connectivity index (χ1) is 10.7. The first-order valence-corrected chi connectivity index (χ1v) is 8.07. The Balaban J connectivity index is 1.47. The van der Waals surface area contributed by atoms with Crippen molar-refractivity contribution in [1.82, 2.24) is 9.80 Å². The molecule has 1 aromatic carbocycles. The van der Waals surface area contributed by atoms with E-state index in [1.165, 1.54) is 5.56 Å².